The lowest BCUT2D eigenvalue weighted by molar-refractivity contribution is -0.162. The highest BCUT2D eigenvalue weighted by Crippen LogP contribution is 2.29. The zero-order chi connectivity index (χ0) is 40.4. The molecule has 0 amide bonds. The van der Waals surface area contributed by atoms with Crippen LogP contribution in [0, 0.1) is 0 Å². The molecule has 0 bridgehead atoms. The molecule has 0 heterocycles. The summed E-state index contributed by atoms with van der Waals surface area (Å²) < 4.78 is 24.9. The van der Waals surface area contributed by atoms with Gasteiger partial charge in [-0.05, 0) is 36.8 Å². The Bertz CT molecular complexity index is 1320. The molecule has 0 N–H and O–H groups in total. The topological polar surface area (TPSA) is 71.1 Å². The van der Waals surface area contributed by atoms with E-state index in [-0.39, 0.29) is 13.2 Å². The Kier molecular flexibility index (Phi) is 27.5. The summed E-state index contributed by atoms with van der Waals surface area (Å²) in [4.78, 5) is 26.4. The van der Waals surface area contributed by atoms with Gasteiger partial charge in [-0.1, -0.05) is 196 Å². The van der Waals surface area contributed by atoms with Gasteiger partial charge in [0.1, 0.15) is 11.2 Å². The zero-order valence-electron chi connectivity index (χ0n) is 35.3. The average Bonchev–Trinajstić information content (AvgIpc) is 3.20. The second-order valence-corrected chi connectivity index (χ2v) is 15.6. The number of hydrogen-bond acceptors (Lipinski definition) is 6. The minimum absolute atomic E-state index is 0.199. The quantitative estimate of drug-likeness (QED) is 0.0297. The van der Waals surface area contributed by atoms with E-state index in [0.29, 0.717) is 38.9 Å². The van der Waals surface area contributed by atoms with Crippen molar-refractivity contribution in [2.75, 3.05) is 13.2 Å². The van der Waals surface area contributed by atoms with E-state index in [2.05, 4.69) is 27.0 Å². The lowest BCUT2D eigenvalue weighted by Gasteiger charge is -2.33. The van der Waals surface area contributed by atoms with Gasteiger partial charge >= 0.3 is 11.9 Å². The lowest BCUT2D eigenvalue weighted by Crippen LogP contribution is -2.40. The van der Waals surface area contributed by atoms with E-state index >= 15 is 0 Å². The van der Waals surface area contributed by atoms with E-state index in [1.807, 2.05) is 66.7 Å². The van der Waals surface area contributed by atoms with Gasteiger partial charge in [-0.15, -0.1) is 6.58 Å². The third-order valence-corrected chi connectivity index (χ3v) is 10.5. The number of rotatable bonds is 36. The fraction of sp³-hybridized carbons (Fsp3) is 0.600. The summed E-state index contributed by atoms with van der Waals surface area (Å²) in [5.41, 5.74) is 0.326. The molecule has 0 saturated carbocycles. The number of carbonyl (C=O) groups is 2. The van der Waals surface area contributed by atoms with Crippen LogP contribution >= 0.6 is 0 Å². The standard InChI is InChI=1S/C50H76O6/c1-5-9-11-13-15-17-19-21-29-38-49(37-7-3,43-53-41-45-32-25-23-26-33-45)56-48(52)36-31-40-50(55-47(51)8-4,44-54-42-46-34-27-24-28-35-46)39-30-22-20-18-16-14-12-10-6-2/h7-8,23-28,31-36H,3-6,9-22,29-30,37-44H2,1-2H3/b36-31+/t49-,50+/m0/s1. The molecule has 6 nitrogen and oxygen atoms in total. The molecular formula is C50H76O6. The molecule has 0 spiro atoms. The second kappa shape index (κ2) is 31.6. The monoisotopic (exact) mass is 773 g/mol. The Morgan fingerprint density at radius 2 is 0.929 bits per heavy atom. The smallest absolute Gasteiger partial charge is 0.331 e. The number of ether oxygens (including phenoxy) is 4. The van der Waals surface area contributed by atoms with E-state index in [0.717, 1.165) is 43.2 Å². The van der Waals surface area contributed by atoms with Crippen molar-refractivity contribution in [2.45, 2.75) is 180 Å². The van der Waals surface area contributed by atoms with E-state index < -0.39 is 23.1 Å². The van der Waals surface area contributed by atoms with Crippen molar-refractivity contribution >= 4 is 11.9 Å². The first-order valence-corrected chi connectivity index (χ1v) is 22.0. The SMILES string of the molecule is C=CC[C@](CCCCCCCCCCC)(COCc1ccccc1)OC(=O)/C=C/C[C@](CCCCCCCCCCC)(COCc1ccccc1)OC(=O)C=C. The number of hydrogen-bond donors (Lipinski definition) is 0. The van der Waals surface area contributed by atoms with E-state index in [9.17, 15) is 9.59 Å². The molecule has 0 fully saturated rings. The molecule has 0 unspecified atom stereocenters. The summed E-state index contributed by atoms with van der Waals surface area (Å²) in [6.07, 6.45) is 30.0. The molecule has 0 saturated heterocycles. The summed E-state index contributed by atoms with van der Waals surface area (Å²) in [5.74, 6) is -0.940. The number of benzene rings is 2. The van der Waals surface area contributed by atoms with Crippen molar-refractivity contribution in [3.8, 4) is 0 Å². The molecule has 312 valence electrons. The fourth-order valence-electron chi connectivity index (χ4n) is 7.22. The van der Waals surface area contributed by atoms with Crippen LogP contribution in [0.1, 0.15) is 166 Å². The van der Waals surface area contributed by atoms with Crippen LogP contribution in [0.25, 0.3) is 0 Å². The number of unbranched alkanes of at least 4 members (excludes halogenated alkanes) is 16. The van der Waals surface area contributed by atoms with Gasteiger partial charge in [-0.25, -0.2) is 9.59 Å². The zero-order valence-corrected chi connectivity index (χ0v) is 35.3. The van der Waals surface area contributed by atoms with Crippen LogP contribution in [0.5, 0.6) is 0 Å². The molecule has 2 atom stereocenters. The van der Waals surface area contributed by atoms with Crippen molar-refractivity contribution in [3.05, 3.63) is 109 Å². The van der Waals surface area contributed by atoms with Gasteiger partial charge in [-0.2, -0.15) is 0 Å². The van der Waals surface area contributed by atoms with E-state index in [1.54, 1.807) is 6.08 Å². The van der Waals surface area contributed by atoms with Crippen LogP contribution in [0.4, 0.5) is 0 Å². The van der Waals surface area contributed by atoms with Crippen molar-refractivity contribution in [1.82, 2.24) is 0 Å². The van der Waals surface area contributed by atoms with Crippen LogP contribution in [-0.4, -0.2) is 36.4 Å². The molecule has 56 heavy (non-hydrogen) atoms. The first kappa shape index (κ1) is 48.7. The molecule has 0 aliphatic carbocycles. The Hall–Kier alpha value is -3.48. The Morgan fingerprint density at radius 3 is 1.34 bits per heavy atom. The molecule has 2 aromatic carbocycles. The highest BCUT2D eigenvalue weighted by molar-refractivity contribution is 5.82. The fourth-order valence-corrected chi connectivity index (χ4v) is 7.22. The van der Waals surface area contributed by atoms with Crippen molar-refractivity contribution in [2.24, 2.45) is 0 Å². The van der Waals surface area contributed by atoms with Crippen LogP contribution < -0.4 is 0 Å². The highest BCUT2D eigenvalue weighted by Gasteiger charge is 2.35. The van der Waals surface area contributed by atoms with Gasteiger partial charge in [0.2, 0.25) is 0 Å². The van der Waals surface area contributed by atoms with Crippen LogP contribution in [0.3, 0.4) is 0 Å². The van der Waals surface area contributed by atoms with Gasteiger partial charge in [0.15, 0.2) is 0 Å². The minimum Gasteiger partial charge on any atom is -0.453 e. The van der Waals surface area contributed by atoms with Gasteiger partial charge in [0, 0.05) is 25.0 Å². The third kappa shape index (κ3) is 22.9. The molecule has 0 aromatic heterocycles. The maximum absolute atomic E-state index is 13.7. The molecule has 0 radical (unpaired) electrons. The summed E-state index contributed by atoms with van der Waals surface area (Å²) in [5, 5.41) is 0. The van der Waals surface area contributed by atoms with E-state index in [4.69, 9.17) is 18.9 Å². The second-order valence-electron chi connectivity index (χ2n) is 15.6. The van der Waals surface area contributed by atoms with Crippen molar-refractivity contribution in [3.63, 3.8) is 0 Å². The molecule has 0 aliphatic rings. The highest BCUT2D eigenvalue weighted by atomic mass is 16.6. The maximum atomic E-state index is 13.7. The van der Waals surface area contributed by atoms with Crippen LogP contribution in [0.2, 0.25) is 0 Å². The normalized spacial score (nSPS) is 13.5. The largest absolute Gasteiger partial charge is 0.453 e. The van der Waals surface area contributed by atoms with Crippen molar-refractivity contribution < 1.29 is 28.5 Å². The van der Waals surface area contributed by atoms with Crippen LogP contribution in [-0.2, 0) is 41.8 Å². The van der Waals surface area contributed by atoms with E-state index in [1.165, 1.54) is 95.6 Å². The van der Waals surface area contributed by atoms with Crippen LogP contribution in [0.15, 0.2) is 98.1 Å². The minimum atomic E-state index is -0.953. The summed E-state index contributed by atoms with van der Waals surface area (Å²) >= 11 is 0. The summed E-state index contributed by atoms with van der Waals surface area (Å²) in [6.45, 7) is 13.5. The Labute approximate surface area is 341 Å². The average molecular weight is 773 g/mol. The molecule has 2 rings (SSSR count). The third-order valence-electron chi connectivity index (χ3n) is 10.5. The summed E-state index contributed by atoms with van der Waals surface area (Å²) in [7, 11) is 0. The summed E-state index contributed by atoms with van der Waals surface area (Å²) in [6, 6.07) is 20.0. The molecule has 6 heteroatoms. The number of carbonyl (C=O) groups excluding carboxylic acids is 2. The van der Waals surface area contributed by atoms with Crippen molar-refractivity contribution in [1.29, 1.82) is 0 Å². The van der Waals surface area contributed by atoms with Gasteiger partial charge < -0.3 is 18.9 Å². The number of esters is 2. The molecule has 2 aromatic rings. The van der Waals surface area contributed by atoms with Gasteiger partial charge in [0.05, 0.1) is 26.4 Å². The van der Waals surface area contributed by atoms with Gasteiger partial charge in [-0.3, -0.25) is 0 Å². The first-order chi connectivity index (χ1) is 27.4. The first-order valence-electron chi connectivity index (χ1n) is 22.0. The Morgan fingerprint density at radius 1 is 0.536 bits per heavy atom. The molecule has 0 aliphatic heterocycles. The van der Waals surface area contributed by atoms with Gasteiger partial charge in [0.25, 0.3) is 0 Å². The lowest BCUT2D eigenvalue weighted by atomic mass is 9.91. The predicted molar refractivity (Wildman–Crippen MR) is 232 cm³/mol. The Balaban J connectivity index is 2.16. The molecular weight excluding hydrogens is 697 g/mol. The maximum Gasteiger partial charge on any atom is 0.331 e. The predicted octanol–water partition coefficient (Wildman–Crippen LogP) is 13.5.